The number of thiol groups is 1. The van der Waals surface area contributed by atoms with Gasteiger partial charge in [-0.2, -0.15) is 12.6 Å². The van der Waals surface area contributed by atoms with Crippen molar-refractivity contribution in [3.8, 4) is 0 Å². The number of ether oxygens (including phenoxy) is 1. The van der Waals surface area contributed by atoms with Crippen molar-refractivity contribution in [3.63, 3.8) is 0 Å². The lowest BCUT2D eigenvalue weighted by molar-refractivity contribution is -0.226. The molecular weight excluding hydrogens is 639 g/mol. The predicted molar refractivity (Wildman–Crippen MR) is 199 cm³/mol. The minimum absolute atomic E-state index is 0. The van der Waals surface area contributed by atoms with E-state index in [0.29, 0.717) is 37.0 Å². The molecule has 8 unspecified atom stereocenters. The van der Waals surface area contributed by atoms with Crippen molar-refractivity contribution in [3.05, 3.63) is 11.6 Å². The summed E-state index contributed by atoms with van der Waals surface area (Å²) in [6.45, 7) is 17.4. The lowest BCUT2D eigenvalue weighted by atomic mass is 9.32. The Balaban J connectivity index is 0.000000956. The molecule has 5 aliphatic carbocycles. The molecule has 49 heavy (non-hydrogen) atoms. The molecule has 8 nitrogen and oxygen atoms in total. The number of aliphatic carboxylic acids is 1. The number of allylic oxidation sites excluding steroid dienone is 2. The van der Waals surface area contributed by atoms with Crippen LogP contribution in [0.25, 0.3) is 0 Å². The molecule has 0 aromatic heterocycles. The molecule has 5 rings (SSSR count). The Morgan fingerprint density at radius 3 is 2.12 bits per heavy atom. The first-order chi connectivity index (χ1) is 22.4. The molecule has 9 heteroatoms. The maximum atomic E-state index is 13.6. The van der Waals surface area contributed by atoms with Gasteiger partial charge in [0.2, 0.25) is 5.91 Å². The maximum absolute atomic E-state index is 13.6. The van der Waals surface area contributed by atoms with Gasteiger partial charge in [0.1, 0.15) is 12.4 Å². The molecule has 282 valence electrons. The number of aliphatic hydroxyl groups excluding tert-OH is 1. The Hall–Kier alpha value is -1.87. The minimum atomic E-state index is -0.881. The van der Waals surface area contributed by atoms with Gasteiger partial charge in [-0.25, -0.2) is 0 Å². The quantitative estimate of drug-likeness (QED) is 0.0693. The van der Waals surface area contributed by atoms with Crippen molar-refractivity contribution >= 4 is 36.8 Å². The maximum Gasteiger partial charge on any atom is 0.313 e. The summed E-state index contributed by atoms with van der Waals surface area (Å²) in [5.74, 6) is 0.352. The van der Waals surface area contributed by atoms with E-state index in [9.17, 15) is 19.2 Å². The average molecular weight is 708 g/mol. The molecule has 0 bridgehead atoms. The number of hydrogen-bond donors (Lipinski definition) is 4. The van der Waals surface area contributed by atoms with E-state index >= 15 is 0 Å². The zero-order valence-corrected chi connectivity index (χ0v) is 32.1. The van der Waals surface area contributed by atoms with E-state index in [0.717, 1.165) is 71.2 Å². The van der Waals surface area contributed by atoms with Gasteiger partial charge in [0.05, 0.1) is 11.2 Å². The third kappa shape index (κ3) is 7.41. The van der Waals surface area contributed by atoms with Crippen molar-refractivity contribution in [2.75, 3.05) is 19.9 Å². The summed E-state index contributed by atoms with van der Waals surface area (Å²) in [4.78, 5) is 46.2. The van der Waals surface area contributed by atoms with E-state index in [1.807, 2.05) is 7.05 Å². The highest BCUT2D eigenvalue weighted by molar-refractivity contribution is 7.81. The first-order valence-electron chi connectivity index (χ1n) is 18.2. The highest BCUT2D eigenvalue weighted by Gasteiger charge is 2.70. The van der Waals surface area contributed by atoms with Crippen LogP contribution in [0.1, 0.15) is 139 Å². The lowest BCUT2D eigenvalue weighted by Gasteiger charge is -2.73. The van der Waals surface area contributed by atoms with Crippen molar-refractivity contribution in [2.24, 2.45) is 50.2 Å². The summed E-state index contributed by atoms with van der Waals surface area (Å²) >= 11 is 3.42. The third-order valence-corrected chi connectivity index (χ3v) is 15.2. The number of hydrogen-bond acceptors (Lipinski definition) is 7. The molecule has 4 fully saturated rings. The van der Waals surface area contributed by atoms with E-state index in [1.54, 1.807) is 5.57 Å². The van der Waals surface area contributed by atoms with E-state index in [4.69, 9.17) is 14.9 Å². The van der Waals surface area contributed by atoms with Gasteiger partial charge in [-0.1, -0.05) is 67.5 Å². The molecule has 3 N–H and O–H groups in total. The van der Waals surface area contributed by atoms with Crippen LogP contribution < -0.4 is 5.32 Å². The van der Waals surface area contributed by atoms with Crippen LogP contribution in [0.4, 0.5) is 0 Å². The summed E-state index contributed by atoms with van der Waals surface area (Å²) < 4.78 is 6.09. The van der Waals surface area contributed by atoms with Gasteiger partial charge >= 0.3 is 11.9 Å². The number of nitrogens with one attached hydrogen (secondary N) is 1. The normalized spacial score (nSPS) is 39.8. The molecule has 0 aromatic rings. The van der Waals surface area contributed by atoms with Gasteiger partial charge in [-0.05, 0) is 115 Å². The highest BCUT2D eigenvalue weighted by atomic mass is 32.1. The van der Waals surface area contributed by atoms with Crippen molar-refractivity contribution in [1.29, 1.82) is 0 Å². The SMILES string of the molecule is C.CNC(=O)C12CCC(C)(C)CC1C1=CCC3C4(C)CCC(OC(=O)CCCC=O)C(C)C4(C)CCC3(C)[C@]1(C)CC2.CO.O=C(O)CS. The number of carbonyl (C=O) groups excluding carboxylic acids is 3. The second kappa shape index (κ2) is 16.2. The van der Waals surface area contributed by atoms with Gasteiger partial charge in [0.15, 0.2) is 0 Å². The lowest BCUT2D eigenvalue weighted by Crippen LogP contribution is -2.67. The molecule has 0 aliphatic heterocycles. The summed E-state index contributed by atoms with van der Waals surface area (Å²) in [7, 11) is 2.83. The molecular formula is C40H69NO7S. The van der Waals surface area contributed by atoms with Crippen LogP contribution in [0.3, 0.4) is 0 Å². The number of carboxylic acid groups (broad SMARTS) is 1. The smallest absolute Gasteiger partial charge is 0.313 e. The number of amides is 1. The number of carbonyl (C=O) groups is 4. The van der Waals surface area contributed by atoms with Crippen molar-refractivity contribution in [2.45, 2.75) is 145 Å². The topological polar surface area (TPSA) is 130 Å². The monoisotopic (exact) mass is 707 g/mol. The number of esters is 1. The van der Waals surface area contributed by atoms with Crippen LogP contribution in [-0.2, 0) is 23.9 Å². The van der Waals surface area contributed by atoms with Crippen molar-refractivity contribution in [1.82, 2.24) is 5.32 Å². The predicted octanol–water partition coefficient (Wildman–Crippen LogP) is 8.06. The molecule has 0 aromatic carbocycles. The summed E-state index contributed by atoms with van der Waals surface area (Å²) in [6, 6.07) is 0. The van der Waals surface area contributed by atoms with E-state index in [-0.39, 0.29) is 63.6 Å². The number of aliphatic hydroxyl groups is 1. The Bertz CT molecular complexity index is 1230. The van der Waals surface area contributed by atoms with Crippen molar-refractivity contribution < 1.29 is 34.1 Å². The fraction of sp³-hybridized carbons (Fsp3) is 0.850. The van der Waals surface area contributed by atoms with E-state index < -0.39 is 5.97 Å². The van der Waals surface area contributed by atoms with Crippen LogP contribution >= 0.6 is 12.6 Å². The Morgan fingerprint density at radius 2 is 1.55 bits per heavy atom. The van der Waals surface area contributed by atoms with Crippen LogP contribution in [0.15, 0.2) is 11.6 Å². The zero-order chi connectivity index (χ0) is 36.3. The van der Waals surface area contributed by atoms with E-state index in [2.05, 4.69) is 72.5 Å². The van der Waals surface area contributed by atoms with Crippen LogP contribution in [0.2, 0.25) is 0 Å². The molecule has 0 spiro atoms. The van der Waals surface area contributed by atoms with Crippen LogP contribution in [0.5, 0.6) is 0 Å². The number of unbranched alkanes of at least 4 members (excludes halogenated alkanes) is 1. The fourth-order valence-corrected chi connectivity index (χ4v) is 11.4. The number of fused-ring (bicyclic) bond motifs is 7. The molecule has 0 radical (unpaired) electrons. The summed E-state index contributed by atoms with van der Waals surface area (Å²) in [5, 5.41) is 17.7. The first-order valence-corrected chi connectivity index (χ1v) is 18.9. The van der Waals surface area contributed by atoms with Crippen LogP contribution in [-0.4, -0.2) is 60.4 Å². The number of aldehydes is 1. The van der Waals surface area contributed by atoms with Gasteiger partial charge < -0.3 is 25.1 Å². The van der Waals surface area contributed by atoms with Gasteiger partial charge in [-0.3, -0.25) is 14.4 Å². The van der Waals surface area contributed by atoms with Gasteiger partial charge in [0, 0.05) is 27.0 Å². The van der Waals surface area contributed by atoms with E-state index in [1.165, 1.54) is 6.42 Å². The molecule has 5 aliphatic rings. The van der Waals surface area contributed by atoms with Gasteiger partial charge in [0.25, 0.3) is 0 Å². The molecule has 9 atom stereocenters. The Labute approximate surface area is 302 Å². The molecule has 0 heterocycles. The summed E-state index contributed by atoms with van der Waals surface area (Å²) in [5.41, 5.74) is 2.14. The highest BCUT2D eigenvalue weighted by Crippen LogP contribution is 2.77. The number of carboxylic acids is 1. The molecule has 4 saturated carbocycles. The largest absolute Gasteiger partial charge is 0.481 e. The fourth-order valence-electron chi connectivity index (χ4n) is 11.4. The average Bonchev–Trinajstić information content (AvgIpc) is 3.05. The summed E-state index contributed by atoms with van der Waals surface area (Å²) in [6.07, 6.45) is 15.6. The van der Waals surface area contributed by atoms with Gasteiger partial charge in [-0.15, -0.1) is 0 Å². The molecule has 0 saturated heterocycles. The second-order valence-corrected chi connectivity index (χ2v) is 17.5. The third-order valence-electron chi connectivity index (χ3n) is 14.9. The number of rotatable bonds is 7. The first kappa shape index (κ1) is 43.3. The second-order valence-electron chi connectivity index (χ2n) is 17.2. The molecule has 1 amide bonds. The minimum Gasteiger partial charge on any atom is -0.481 e. The zero-order valence-electron chi connectivity index (χ0n) is 31.2. The Morgan fingerprint density at radius 1 is 0.959 bits per heavy atom. The Kier molecular flexibility index (Phi) is 14.3. The standard InChI is InChI=1S/C36H57NO4.C2H4O2S.CH4O.CH4/c1-24-27(41-29(39)11-9-10-22-38)14-15-34(6)28-13-12-25-26-23-31(2,3)16-20-36(26,30(40)37-8)21-19-33(25,5)35(28,7)18-17-32(24,34)4;3-2(4)1-5;1-2;/h12,22,24,26-28H,9-11,13-21,23H2,1-8H3,(H,37,40);5H,1H2,(H,3,4);2H,1H3;1H4/t24?,26?,27?,28?,32?,33-,34?,35?,36?;;;/m1.../s1. The van der Waals surface area contributed by atoms with Crippen LogP contribution in [0, 0.1) is 50.2 Å².